The van der Waals surface area contributed by atoms with Gasteiger partial charge in [0.15, 0.2) is 0 Å². The topological polar surface area (TPSA) is 38.5 Å². The van der Waals surface area contributed by atoms with Gasteiger partial charge in [0, 0.05) is 12.6 Å². The molecule has 0 aromatic heterocycles. The Morgan fingerprint density at radius 1 is 1.28 bits per heavy atom. The lowest BCUT2D eigenvalue weighted by Gasteiger charge is -2.26. The molecule has 1 heterocycles. The largest absolute Gasteiger partial charge is 0.494 e. The van der Waals surface area contributed by atoms with Gasteiger partial charge in [-0.3, -0.25) is 4.90 Å². The molecule has 1 saturated heterocycles. The van der Waals surface area contributed by atoms with Gasteiger partial charge in [0.05, 0.1) is 6.61 Å². The van der Waals surface area contributed by atoms with Crippen LogP contribution in [0.3, 0.4) is 0 Å². The average molecular weight is 248 g/mol. The molecular weight excluding hydrogens is 224 g/mol. The Morgan fingerprint density at radius 2 is 2.00 bits per heavy atom. The minimum absolute atomic E-state index is 0.453. The summed E-state index contributed by atoms with van der Waals surface area (Å²) in [6.45, 7) is 5.85. The van der Waals surface area contributed by atoms with E-state index in [1.807, 2.05) is 13.0 Å². The molecule has 1 unspecified atom stereocenters. The van der Waals surface area contributed by atoms with E-state index in [1.54, 1.807) is 0 Å². The zero-order valence-electron chi connectivity index (χ0n) is 11.3. The van der Waals surface area contributed by atoms with Crippen LogP contribution in [-0.2, 0) is 6.42 Å². The van der Waals surface area contributed by atoms with Crippen LogP contribution < -0.4 is 10.5 Å². The first kappa shape index (κ1) is 13.4. The third kappa shape index (κ3) is 3.24. The Balaban J connectivity index is 2.06. The molecule has 1 fully saturated rings. The lowest BCUT2D eigenvalue weighted by atomic mass is 10.0. The van der Waals surface area contributed by atoms with E-state index < -0.39 is 0 Å². The maximum absolute atomic E-state index is 5.94. The molecule has 0 spiro atoms. The van der Waals surface area contributed by atoms with Crippen molar-refractivity contribution in [2.75, 3.05) is 26.2 Å². The van der Waals surface area contributed by atoms with Gasteiger partial charge in [0.1, 0.15) is 5.75 Å². The summed E-state index contributed by atoms with van der Waals surface area (Å²) in [5, 5.41) is 0. The van der Waals surface area contributed by atoms with Gasteiger partial charge in [-0.05, 0) is 50.9 Å². The van der Waals surface area contributed by atoms with Crippen molar-refractivity contribution in [1.29, 1.82) is 0 Å². The van der Waals surface area contributed by atoms with Gasteiger partial charge in [-0.1, -0.05) is 18.2 Å². The van der Waals surface area contributed by atoms with E-state index in [-0.39, 0.29) is 0 Å². The second kappa shape index (κ2) is 6.76. The Morgan fingerprint density at radius 3 is 2.67 bits per heavy atom. The van der Waals surface area contributed by atoms with Crippen LogP contribution in [0.1, 0.15) is 25.3 Å². The van der Waals surface area contributed by atoms with Crippen LogP contribution in [0.25, 0.3) is 0 Å². The summed E-state index contributed by atoms with van der Waals surface area (Å²) in [4.78, 5) is 2.52. The van der Waals surface area contributed by atoms with Gasteiger partial charge < -0.3 is 10.5 Å². The van der Waals surface area contributed by atoms with Crippen molar-refractivity contribution in [3.05, 3.63) is 29.8 Å². The van der Waals surface area contributed by atoms with E-state index in [0.29, 0.717) is 12.6 Å². The molecule has 3 heteroatoms. The molecule has 1 aliphatic rings. The second-order valence-corrected chi connectivity index (χ2v) is 4.88. The Hall–Kier alpha value is -1.06. The van der Waals surface area contributed by atoms with Crippen molar-refractivity contribution in [2.45, 2.75) is 32.2 Å². The number of hydrogen-bond acceptors (Lipinski definition) is 3. The molecule has 0 radical (unpaired) electrons. The highest BCUT2D eigenvalue weighted by Gasteiger charge is 2.21. The molecule has 0 saturated carbocycles. The minimum atomic E-state index is 0.453. The van der Waals surface area contributed by atoms with E-state index in [1.165, 1.54) is 31.5 Å². The SMILES string of the molecule is CCOc1ccccc1CC(CN)N1CCCC1. The number of nitrogens with zero attached hydrogens (tertiary/aromatic N) is 1. The zero-order chi connectivity index (χ0) is 12.8. The molecule has 0 amide bonds. The van der Waals surface area contributed by atoms with Crippen LogP contribution in [-0.4, -0.2) is 37.2 Å². The van der Waals surface area contributed by atoms with Gasteiger partial charge >= 0.3 is 0 Å². The Bertz CT molecular complexity index is 361. The molecule has 3 nitrogen and oxygen atoms in total. The first-order valence-corrected chi connectivity index (χ1v) is 7.00. The van der Waals surface area contributed by atoms with Gasteiger partial charge in [0.2, 0.25) is 0 Å². The fourth-order valence-electron chi connectivity index (χ4n) is 2.69. The van der Waals surface area contributed by atoms with Gasteiger partial charge in [-0.2, -0.15) is 0 Å². The Kier molecular flexibility index (Phi) is 5.02. The van der Waals surface area contributed by atoms with Crippen LogP contribution in [0.2, 0.25) is 0 Å². The predicted molar refractivity (Wildman–Crippen MR) is 75.0 cm³/mol. The lowest BCUT2D eigenvalue weighted by molar-refractivity contribution is 0.243. The molecule has 2 N–H and O–H groups in total. The number of ether oxygens (including phenoxy) is 1. The molecular formula is C15H24N2O. The fraction of sp³-hybridized carbons (Fsp3) is 0.600. The van der Waals surface area contributed by atoms with E-state index in [9.17, 15) is 0 Å². The molecule has 1 aromatic carbocycles. The van der Waals surface area contributed by atoms with Crippen molar-refractivity contribution in [3.8, 4) is 5.75 Å². The third-order valence-electron chi connectivity index (χ3n) is 3.66. The van der Waals surface area contributed by atoms with Crippen LogP contribution in [0.15, 0.2) is 24.3 Å². The van der Waals surface area contributed by atoms with Gasteiger partial charge in [-0.25, -0.2) is 0 Å². The fourth-order valence-corrected chi connectivity index (χ4v) is 2.69. The van der Waals surface area contributed by atoms with E-state index in [0.717, 1.165) is 18.7 Å². The summed E-state index contributed by atoms with van der Waals surface area (Å²) in [6, 6.07) is 8.77. The molecule has 1 aromatic rings. The van der Waals surface area contributed by atoms with Gasteiger partial charge in [0.25, 0.3) is 0 Å². The first-order valence-electron chi connectivity index (χ1n) is 7.00. The number of rotatable bonds is 6. The highest BCUT2D eigenvalue weighted by Crippen LogP contribution is 2.22. The number of para-hydroxylation sites is 1. The van der Waals surface area contributed by atoms with E-state index in [4.69, 9.17) is 10.5 Å². The third-order valence-corrected chi connectivity index (χ3v) is 3.66. The van der Waals surface area contributed by atoms with Gasteiger partial charge in [-0.15, -0.1) is 0 Å². The zero-order valence-corrected chi connectivity index (χ0v) is 11.3. The lowest BCUT2D eigenvalue weighted by Crippen LogP contribution is -2.40. The summed E-state index contributed by atoms with van der Waals surface area (Å²) in [7, 11) is 0. The second-order valence-electron chi connectivity index (χ2n) is 4.88. The number of nitrogens with two attached hydrogens (primary N) is 1. The highest BCUT2D eigenvalue weighted by molar-refractivity contribution is 5.34. The monoisotopic (exact) mass is 248 g/mol. The molecule has 18 heavy (non-hydrogen) atoms. The molecule has 2 rings (SSSR count). The van der Waals surface area contributed by atoms with Crippen LogP contribution in [0, 0.1) is 0 Å². The molecule has 0 bridgehead atoms. The predicted octanol–water partition coefficient (Wildman–Crippen LogP) is 2.05. The summed E-state index contributed by atoms with van der Waals surface area (Å²) in [6.07, 6.45) is 3.61. The van der Waals surface area contributed by atoms with Crippen LogP contribution in [0.5, 0.6) is 5.75 Å². The van der Waals surface area contributed by atoms with Crippen molar-refractivity contribution >= 4 is 0 Å². The molecule has 100 valence electrons. The van der Waals surface area contributed by atoms with Crippen molar-refractivity contribution in [3.63, 3.8) is 0 Å². The maximum Gasteiger partial charge on any atom is 0.122 e. The van der Waals surface area contributed by atoms with Crippen molar-refractivity contribution < 1.29 is 4.74 Å². The molecule has 1 aliphatic heterocycles. The summed E-state index contributed by atoms with van der Waals surface area (Å²) in [5.41, 5.74) is 7.22. The van der Waals surface area contributed by atoms with Crippen LogP contribution in [0.4, 0.5) is 0 Å². The normalized spacial score (nSPS) is 17.9. The molecule has 0 aliphatic carbocycles. The quantitative estimate of drug-likeness (QED) is 0.837. The number of hydrogen-bond donors (Lipinski definition) is 1. The maximum atomic E-state index is 5.94. The molecule has 1 atom stereocenters. The van der Waals surface area contributed by atoms with E-state index >= 15 is 0 Å². The summed E-state index contributed by atoms with van der Waals surface area (Å²) < 4.78 is 5.69. The highest BCUT2D eigenvalue weighted by atomic mass is 16.5. The average Bonchev–Trinajstić information content (AvgIpc) is 2.92. The number of benzene rings is 1. The van der Waals surface area contributed by atoms with Crippen molar-refractivity contribution in [2.24, 2.45) is 5.73 Å². The summed E-state index contributed by atoms with van der Waals surface area (Å²) >= 11 is 0. The minimum Gasteiger partial charge on any atom is -0.494 e. The summed E-state index contributed by atoms with van der Waals surface area (Å²) in [5.74, 6) is 1.01. The van der Waals surface area contributed by atoms with Crippen LogP contribution >= 0.6 is 0 Å². The first-order chi connectivity index (χ1) is 8.85. The Labute approximate surface area is 110 Å². The standard InChI is InChI=1S/C15H24N2O/c1-2-18-15-8-4-3-7-13(15)11-14(12-16)17-9-5-6-10-17/h3-4,7-8,14H,2,5-6,9-12,16H2,1H3. The van der Waals surface area contributed by atoms with Crippen molar-refractivity contribution in [1.82, 2.24) is 4.90 Å². The number of likely N-dealkylation sites (tertiary alicyclic amines) is 1. The smallest absolute Gasteiger partial charge is 0.122 e. The van der Waals surface area contributed by atoms with E-state index in [2.05, 4.69) is 23.1 Å².